The minimum absolute atomic E-state index is 0.131. The molecule has 2 atom stereocenters. The predicted octanol–water partition coefficient (Wildman–Crippen LogP) is 5.39. The Labute approximate surface area is 147 Å². The first-order chi connectivity index (χ1) is 11.8. The van der Waals surface area contributed by atoms with E-state index in [4.69, 9.17) is 4.74 Å². The van der Waals surface area contributed by atoms with Crippen LogP contribution in [0.4, 0.5) is 13.2 Å². The van der Waals surface area contributed by atoms with E-state index in [1.165, 1.54) is 12.1 Å². The molecule has 2 rings (SSSR count). The number of rotatable bonds is 7. The highest BCUT2D eigenvalue weighted by Gasteiger charge is 2.30. The van der Waals surface area contributed by atoms with Crippen LogP contribution in [0.5, 0.6) is 5.75 Å². The third kappa shape index (κ3) is 5.78. The molecule has 0 aliphatic carbocycles. The maximum Gasteiger partial charge on any atom is 0.416 e. The third-order valence-corrected chi connectivity index (χ3v) is 4.25. The SMILES string of the molecule is COc1cccc(C(C)NC(C)CCc2cccc(C(F)(F)F)c2)c1. The monoisotopic (exact) mass is 351 g/mol. The second kappa shape index (κ2) is 8.39. The van der Waals surface area contributed by atoms with Crippen molar-refractivity contribution in [3.05, 3.63) is 65.2 Å². The van der Waals surface area contributed by atoms with Crippen LogP contribution in [0.1, 0.15) is 43.0 Å². The predicted molar refractivity (Wildman–Crippen MR) is 93.8 cm³/mol. The van der Waals surface area contributed by atoms with Crippen LogP contribution in [-0.2, 0) is 12.6 Å². The molecule has 2 aromatic carbocycles. The maximum absolute atomic E-state index is 12.8. The number of nitrogens with one attached hydrogen (secondary N) is 1. The summed E-state index contributed by atoms with van der Waals surface area (Å²) in [5, 5.41) is 3.48. The molecule has 136 valence electrons. The Hall–Kier alpha value is -2.01. The first-order valence-corrected chi connectivity index (χ1v) is 8.35. The van der Waals surface area contributed by atoms with Gasteiger partial charge in [-0.25, -0.2) is 0 Å². The molecule has 0 aliphatic heterocycles. The zero-order valence-corrected chi connectivity index (χ0v) is 14.7. The lowest BCUT2D eigenvalue weighted by Gasteiger charge is -2.21. The molecule has 0 saturated carbocycles. The minimum atomic E-state index is -4.29. The standard InChI is InChI=1S/C20H24F3NO/c1-14(24-15(2)17-7-5-9-19(13-17)25-3)10-11-16-6-4-8-18(12-16)20(21,22)23/h4-9,12-15,24H,10-11H2,1-3H3. The summed E-state index contributed by atoms with van der Waals surface area (Å²) >= 11 is 0. The van der Waals surface area contributed by atoms with E-state index in [1.54, 1.807) is 13.2 Å². The van der Waals surface area contributed by atoms with Crippen LogP contribution < -0.4 is 10.1 Å². The molecule has 0 saturated heterocycles. The zero-order valence-electron chi connectivity index (χ0n) is 14.7. The zero-order chi connectivity index (χ0) is 18.4. The van der Waals surface area contributed by atoms with Crippen molar-refractivity contribution in [2.45, 2.75) is 44.9 Å². The van der Waals surface area contributed by atoms with Crippen LogP contribution >= 0.6 is 0 Å². The summed E-state index contributed by atoms with van der Waals surface area (Å²) in [4.78, 5) is 0. The van der Waals surface area contributed by atoms with E-state index in [-0.39, 0.29) is 12.1 Å². The number of methoxy groups -OCH3 is 1. The summed E-state index contributed by atoms with van der Waals surface area (Å²) in [7, 11) is 1.63. The van der Waals surface area contributed by atoms with Gasteiger partial charge in [-0.15, -0.1) is 0 Å². The summed E-state index contributed by atoms with van der Waals surface area (Å²) in [5.41, 5.74) is 1.23. The smallest absolute Gasteiger partial charge is 0.416 e. The van der Waals surface area contributed by atoms with E-state index in [0.29, 0.717) is 12.0 Å². The molecule has 0 heterocycles. The summed E-state index contributed by atoms with van der Waals surface area (Å²) < 4.78 is 43.5. The van der Waals surface area contributed by atoms with Crippen molar-refractivity contribution in [1.82, 2.24) is 5.32 Å². The molecule has 5 heteroatoms. The molecule has 0 radical (unpaired) electrons. The normalized spacial score (nSPS) is 14.2. The quantitative estimate of drug-likeness (QED) is 0.722. The first kappa shape index (κ1) is 19.3. The van der Waals surface area contributed by atoms with Gasteiger partial charge in [-0.1, -0.05) is 30.3 Å². The summed E-state index contributed by atoms with van der Waals surface area (Å²) in [6.45, 7) is 4.11. The molecule has 0 spiro atoms. The number of aryl methyl sites for hydroxylation is 1. The van der Waals surface area contributed by atoms with Gasteiger partial charge in [0.2, 0.25) is 0 Å². The van der Waals surface area contributed by atoms with E-state index in [2.05, 4.69) is 12.2 Å². The van der Waals surface area contributed by atoms with Gasteiger partial charge in [0, 0.05) is 12.1 Å². The highest BCUT2D eigenvalue weighted by molar-refractivity contribution is 5.30. The van der Waals surface area contributed by atoms with Crippen LogP contribution in [0.3, 0.4) is 0 Å². The molecule has 25 heavy (non-hydrogen) atoms. The lowest BCUT2D eigenvalue weighted by molar-refractivity contribution is -0.137. The molecule has 2 unspecified atom stereocenters. The van der Waals surface area contributed by atoms with Crippen molar-refractivity contribution >= 4 is 0 Å². The van der Waals surface area contributed by atoms with Crippen LogP contribution in [0.15, 0.2) is 48.5 Å². The van der Waals surface area contributed by atoms with Gasteiger partial charge in [-0.3, -0.25) is 0 Å². The average Bonchev–Trinajstić information content (AvgIpc) is 2.59. The molecule has 0 fully saturated rings. The first-order valence-electron chi connectivity index (χ1n) is 8.35. The molecular formula is C20H24F3NO. The fraction of sp³-hybridized carbons (Fsp3) is 0.400. The Morgan fingerprint density at radius 2 is 1.76 bits per heavy atom. The van der Waals surface area contributed by atoms with E-state index < -0.39 is 11.7 Å². The van der Waals surface area contributed by atoms with Crippen molar-refractivity contribution in [1.29, 1.82) is 0 Å². The third-order valence-electron chi connectivity index (χ3n) is 4.25. The fourth-order valence-corrected chi connectivity index (χ4v) is 2.80. The van der Waals surface area contributed by atoms with Gasteiger partial charge in [0.15, 0.2) is 0 Å². The highest BCUT2D eigenvalue weighted by atomic mass is 19.4. The van der Waals surface area contributed by atoms with Crippen molar-refractivity contribution in [3.63, 3.8) is 0 Å². The van der Waals surface area contributed by atoms with Gasteiger partial charge in [-0.2, -0.15) is 13.2 Å². The molecule has 2 nitrogen and oxygen atoms in total. The number of halogens is 3. The van der Waals surface area contributed by atoms with E-state index in [9.17, 15) is 13.2 Å². The van der Waals surface area contributed by atoms with Crippen molar-refractivity contribution in [2.75, 3.05) is 7.11 Å². The Bertz CT molecular complexity index is 685. The largest absolute Gasteiger partial charge is 0.497 e. The lowest BCUT2D eigenvalue weighted by Crippen LogP contribution is -2.29. The van der Waals surface area contributed by atoms with Crippen LogP contribution in [0.25, 0.3) is 0 Å². The highest BCUT2D eigenvalue weighted by Crippen LogP contribution is 2.29. The summed E-state index contributed by atoms with van der Waals surface area (Å²) in [6, 6.07) is 13.7. The molecule has 1 N–H and O–H groups in total. The van der Waals surface area contributed by atoms with Crippen LogP contribution in [-0.4, -0.2) is 13.2 Å². The average molecular weight is 351 g/mol. The number of ether oxygens (including phenoxy) is 1. The molecular weight excluding hydrogens is 327 g/mol. The van der Waals surface area contributed by atoms with Crippen molar-refractivity contribution in [2.24, 2.45) is 0 Å². The van der Waals surface area contributed by atoms with Crippen LogP contribution in [0.2, 0.25) is 0 Å². The Balaban J connectivity index is 1.91. The molecule has 2 aromatic rings. The van der Waals surface area contributed by atoms with Gasteiger partial charge >= 0.3 is 6.18 Å². The second-order valence-electron chi connectivity index (χ2n) is 6.30. The molecule has 0 aliphatic rings. The van der Waals surface area contributed by atoms with Gasteiger partial charge in [0.1, 0.15) is 5.75 Å². The Morgan fingerprint density at radius 1 is 1.04 bits per heavy atom. The van der Waals surface area contributed by atoms with E-state index in [1.807, 2.05) is 31.2 Å². The summed E-state index contributed by atoms with van der Waals surface area (Å²) in [6.07, 6.45) is -2.93. The van der Waals surface area contributed by atoms with Crippen molar-refractivity contribution < 1.29 is 17.9 Å². The van der Waals surface area contributed by atoms with E-state index in [0.717, 1.165) is 23.8 Å². The van der Waals surface area contributed by atoms with Gasteiger partial charge < -0.3 is 10.1 Å². The summed E-state index contributed by atoms with van der Waals surface area (Å²) in [5.74, 6) is 0.808. The number of benzene rings is 2. The number of alkyl halides is 3. The topological polar surface area (TPSA) is 21.3 Å². The second-order valence-corrected chi connectivity index (χ2v) is 6.30. The molecule has 0 aromatic heterocycles. The fourth-order valence-electron chi connectivity index (χ4n) is 2.80. The number of hydrogen-bond donors (Lipinski definition) is 1. The maximum atomic E-state index is 12.8. The minimum Gasteiger partial charge on any atom is -0.497 e. The number of hydrogen-bond acceptors (Lipinski definition) is 2. The van der Waals surface area contributed by atoms with Gasteiger partial charge in [0.25, 0.3) is 0 Å². The molecule has 0 amide bonds. The Morgan fingerprint density at radius 3 is 2.44 bits per heavy atom. The lowest BCUT2D eigenvalue weighted by atomic mass is 10.0. The van der Waals surface area contributed by atoms with E-state index >= 15 is 0 Å². The Kier molecular flexibility index (Phi) is 6.48. The van der Waals surface area contributed by atoms with Gasteiger partial charge in [-0.05, 0) is 56.0 Å². The van der Waals surface area contributed by atoms with Crippen LogP contribution in [0, 0.1) is 0 Å². The molecule has 0 bridgehead atoms. The van der Waals surface area contributed by atoms with Gasteiger partial charge in [0.05, 0.1) is 12.7 Å². The van der Waals surface area contributed by atoms with Crippen molar-refractivity contribution in [3.8, 4) is 5.75 Å².